The molecule has 0 saturated heterocycles. The smallest absolute Gasteiger partial charge is 0.282 e. The number of rotatable bonds is 6. The Morgan fingerprint density at radius 3 is 2.81 bits per heavy atom. The van der Waals surface area contributed by atoms with Crippen LogP contribution in [-0.4, -0.2) is 29.6 Å². The Hall–Kier alpha value is -3.58. The van der Waals surface area contributed by atoms with Crippen LogP contribution in [0.25, 0.3) is 33.5 Å². The highest BCUT2D eigenvalue weighted by atomic mass is 79.9. The minimum Gasteiger partial charge on any atom is -0.493 e. The van der Waals surface area contributed by atoms with Crippen molar-refractivity contribution in [1.82, 2.24) is 9.66 Å². The third-order valence-corrected chi connectivity index (χ3v) is 7.38. The Labute approximate surface area is 232 Å². The molecular formula is C27H16Br2ClN3O4. The first kappa shape index (κ1) is 25.1. The average Bonchev–Trinajstić information content (AvgIpc) is 3.32. The van der Waals surface area contributed by atoms with Crippen molar-refractivity contribution in [1.29, 1.82) is 0 Å². The number of fused-ring (bicyclic) bond motifs is 2. The third kappa shape index (κ3) is 4.76. The predicted molar refractivity (Wildman–Crippen MR) is 152 cm³/mol. The van der Waals surface area contributed by atoms with Gasteiger partial charge in [0.2, 0.25) is 5.82 Å². The number of furan rings is 1. The van der Waals surface area contributed by atoms with E-state index in [9.17, 15) is 4.79 Å². The predicted octanol–water partition coefficient (Wildman–Crippen LogP) is 6.89. The summed E-state index contributed by atoms with van der Waals surface area (Å²) >= 11 is 13.5. The van der Waals surface area contributed by atoms with Crippen molar-refractivity contribution < 1.29 is 13.9 Å². The summed E-state index contributed by atoms with van der Waals surface area (Å²) in [7, 11) is 1.49. The summed E-state index contributed by atoms with van der Waals surface area (Å²) in [4.78, 5) is 18.2. The number of ether oxygens (including phenoxy) is 2. The maximum Gasteiger partial charge on any atom is 0.282 e. The molecule has 0 fully saturated rings. The zero-order valence-electron chi connectivity index (χ0n) is 19.2. The van der Waals surface area contributed by atoms with Gasteiger partial charge < -0.3 is 13.9 Å². The van der Waals surface area contributed by atoms with Gasteiger partial charge in [0, 0.05) is 19.9 Å². The van der Waals surface area contributed by atoms with E-state index >= 15 is 0 Å². The second kappa shape index (κ2) is 10.4. The molecule has 0 aliphatic carbocycles. The number of terminal acetylenes is 1. The second-order valence-corrected chi connectivity index (χ2v) is 9.81. The fourth-order valence-corrected chi connectivity index (χ4v) is 4.77. The van der Waals surface area contributed by atoms with E-state index in [-0.39, 0.29) is 23.0 Å². The topological polar surface area (TPSA) is 78.8 Å². The summed E-state index contributed by atoms with van der Waals surface area (Å²) in [6.07, 6.45) is 6.78. The van der Waals surface area contributed by atoms with Crippen LogP contribution in [-0.2, 0) is 0 Å². The van der Waals surface area contributed by atoms with Crippen molar-refractivity contribution in [3.8, 4) is 35.4 Å². The molecule has 184 valence electrons. The van der Waals surface area contributed by atoms with Crippen LogP contribution in [0.5, 0.6) is 11.5 Å². The molecule has 0 aliphatic heterocycles. The Morgan fingerprint density at radius 1 is 1.22 bits per heavy atom. The van der Waals surface area contributed by atoms with Gasteiger partial charge >= 0.3 is 0 Å². The van der Waals surface area contributed by atoms with E-state index in [2.05, 4.69) is 42.9 Å². The first-order valence-electron chi connectivity index (χ1n) is 10.8. The molecule has 0 N–H and O–H groups in total. The van der Waals surface area contributed by atoms with Gasteiger partial charge in [0.25, 0.3) is 5.56 Å². The lowest BCUT2D eigenvalue weighted by Crippen LogP contribution is -2.20. The maximum atomic E-state index is 13.5. The first-order chi connectivity index (χ1) is 17.9. The normalized spacial score (nSPS) is 11.3. The van der Waals surface area contributed by atoms with Crippen molar-refractivity contribution >= 4 is 71.5 Å². The van der Waals surface area contributed by atoms with E-state index in [1.54, 1.807) is 24.3 Å². The summed E-state index contributed by atoms with van der Waals surface area (Å²) in [6, 6.07) is 16.2. The van der Waals surface area contributed by atoms with E-state index in [4.69, 9.17) is 36.9 Å². The number of para-hydroxylation sites is 1. The molecule has 10 heteroatoms. The number of nitrogens with zero attached hydrogens (tertiary/aromatic N) is 3. The van der Waals surface area contributed by atoms with Crippen LogP contribution in [0.2, 0.25) is 5.02 Å². The highest BCUT2D eigenvalue weighted by Crippen LogP contribution is 2.42. The summed E-state index contributed by atoms with van der Waals surface area (Å²) in [5, 5.41) is 6.01. The van der Waals surface area contributed by atoms with Gasteiger partial charge in [-0.25, -0.2) is 4.98 Å². The molecule has 0 unspecified atom stereocenters. The third-order valence-electron chi connectivity index (χ3n) is 5.44. The van der Waals surface area contributed by atoms with Gasteiger partial charge in [-0.1, -0.05) is 45.6 Å². The van der Waals surface area contributed by atoms with Crippen LogP contribution in [0, 0.1) is 12.3 Å². The molecule has 0 radical (unpaired) electrons. The molecule has 0 bridgehead atoms. The van der Waals surface area contributed by atoms with Gasteiger partial charge in [-0.15, -0.1) is 6.42 Å². The summed E-state index contributed by atoms with van der Waals surface area (Å²) in [5.74, 6) is 3.69. The van der Waals surface area contributed by atoms with Crippen molar-refractivity contribution in [2.45, 2.75) is 0 Å². The second-order valence-electron chi connectivity index (χ2n) is 7.72. The molecule has 3 aromatic carbocycles. The van der Waals surface area contributed by atoms with Crippen LogP contribution in [0.3, 0.4) is 0 Å². The fourth-order valence-electron chi connectivity index (χ4n) is 3.73. The molecule has 37 heavy (non-hydrogen) atoms. The van der Waals surface area contributed by atoms with E-state index in [1.807, 2.05) is 30.3 Å². The van der Waals surface area contributed by atoms with Crippen molar-refractivity contribution in [2.24, 2.45) is 5.10 Å². The van der Waals surface area contributed by atoms with Crippen LogP contribution in [0.15, 0.2) is 77.9 Å². The Kier molecular flexibility index (Phi) is 7.07. The zero-order valence-corrected chi connectivity index (χ0v) is 23.1. The van der Waals surface area contributed by atoms with E-state index in [0.717, 1.165) is 9.86 Å². The van der Waals surface area contributed by atoms with Gasteiger partial charge in [0.05, 0.1) is 24.2 Å². The molecule has 0 atom stereocenters. The molecular weight excluding hydrogens is 626 g/mol. The molecule has 0 spiro atoms. The number of hydrogen-bond donors (Lipinski definition) is 0. The molecule has 0 aliphatic rings. The van der Waals surface area contributed by atoms with Gasteiger partial charge in [-0.3, -0.25) is 4.79 Å². The van der Waals surface area contributed by atoms with Crippen LogP contribution in [0.1, 0.15) is 5.56 Å². The lowest BCUT2D eigenvalue weighted by molar-refractivity contribution is 0.331. The van der Waals surface area contributed by atoms with E-state index in [1.165, 1.54) is 18.0 Å². The first-order valence-corrected chi connectivity index (χ1v) is 12.8. The number of halogens is 3. The highest BCUT2D eigenvalue weighted by molar-refractivity contribution is 9.10. The number of hydrogen-bond acceptors (Lipinski definition) is 6. The van der Waals surface area contributed by atoms with Gasteiger partial charge in [-0.05, 0) is 58.4 Å². The molecule has 2 aromatic heterocycles. The molecule has 2 heterocycles. The maximum absolute atomic E-state index is 13.5. The largest absolute Gasteiger partial charge is 0.493 e. The molecule has 0 amide bonds. The van der Waals surface area contributed by atoms with Crippen molar-refractivity contribution in [3.63, 3.8) is 0 Å². The molecule has 5 rings (SSSR count). The molecule has 7 nitrogen and oxygen atoms in total. The fraction of sp³-hybridized carbons (Fsp3) is 0.0741. The average molecular weight is 642 g/mol. The summed E-state index contributed by atoms with van der Waals surface area (Å²) in [5.41, 5.74) is 1.35. The lowest BCUT2D eigenvalue weighted by Gasteiger charge is -2.13. The van der Waals surface area contributed by atoms with Crippen molar-refractivity contribution in [2.75, 3.05) is 13.7 Å². The SMILES string of the molecule is C#CCOc1c(OC)cc(C=Nn2c(-c3cc4cc(Br)ccc4o3)nc3ccccc3c2=O)c(Br)c1Cl. The standard InChI is InChI=1S/C27H16Br2ClN3O4/c1-3-10-36-25-21(35-2)13-16(23(29)24(25)30)14-31-33-26(32-19-7-5-4-6-18(19)27(33)34)22-12-15-11-17(28)8-9-20(15)37-22/h1,4-9,11-14H,10H2,2H3. The minimum atomic E-state index is -0.360. The Morgan fingerprint density at radius 2 is 2.03 bits per heavy atom. The number of aromatic nitrogens is 2. The number of methoxy groups -OCH3 is 1. The van der Waals surface area contributed by atoms with Crippen molar-refractivity contribution in [3.05, 3.63) is 84.5 Å². The molecule has 0 saturated carbocycles. The highest BCUT2D eigenvalue weighted by Gasteiger charge is 2.19. The number of benzene rings is 3. The van der Waals surface area contributed by atoms with Crippen LogP contribution < -0.4 is 15.0 Å². The van der Waals surface area contributed by atoms with Gasteiger partial charge in [0.1, 0.15) is 17.2 Å². The van der Waals surface area contributed by atoms with E-state index < -0.39 is 0 Å². The Balaban J connectivity index is 1.69. The monoisotopic (exact) mass is 639 g/mol. The summed E-state index contributed by atoms with van der Waals surface area (Å²) < 4.78 is 19.6. The Bertz CT molecular complexity index is 1800. The van der Waals surface area contributed by atoms with E-state index in [0.29, 0.717) is 43.8 Å². The van der Waals surface area contributed by atoms with Crippen LogP contribution >= 0.6 is 43.5 Å². The minimum absolute atomic E-state index is 0.0194. The zero-order chi connectivity index (χ0) is 26.1. The summed E-state index contributed by atoms with van der Waals surface area (Å²) in [6.45, 7) is 0.0194. The quantitative estimate of drug-likeness (QED) is 0.149. The van der Waals surface area contributed by atoms with Gasteiger partial charge in [0.15, 0.2) is 17.3 Å². The van der Waals surface area contributed by atoms with Crippen LogP contribution in [0.4, 0.5) is 0 Å². The lowest BCUT2D eigenvalue weighted by atomic mass is 10.2. The molecule has 5 aromatic rings. The van der Waals surface area contributed by atoms with Gasteiger partial charge in [-0.2, -0.15) is 9.78 Å².